The van der Waals surface area contributed by atoms with E-state index in [9.17, 15) is 23.2 Å². The predicted molar refractivity (Wildman–Crippen MR) is 96.8 cm³/mol. The topological polar surface area (TPSA) is 113 Å². The summed E-state index contributed by atoms with van der Waals surface area (Å²) in [6, 6.07) is 13.0. The Bertz CT molecular complexity index is 916. The molecule has 2 aromatic carbocycles. The second kappa shape index (κ2) is 7.86. The number of halogens is 2. The third-order valence-corrected chi connectivity index (χ3v) is 4.71. The van der Waals surface area contributed by atoms with Gasteiger partial charge in [0.05, 0.1) is 6.42 Å². The lowest BCUT2D eigenvalue weighted by Gasteiger charge is -2.19. The summed E-state index contributed by atoms with van der Waals surface area (Å²) in [5, 5.41) is 19.3. The Hall–Kier alpha value is -3.49. The summed E-state index contributed by atoms with van der Waals surface area (Å²) in [6.07, 6.45) is -2.82. The normalized spacial score (nSPS) is 13.9. The maximum atomic E-state index is 13.3. The number of carbonyl (C=O) groups is 3. The van der Waals surface area contributed by atoms with E-state index in [4.69, 9.17) is 14.9 Å². The first kappa shape index (κ1) is 20.2. The zero-order valence-corrected chi connectivity index (χ0v) is 15.0. The third kappa shape index (κ3) is 4.18. The van der Waals surface area contributed by atoms with Crippen molar-refractivity contribution in [3.63, 3.8) is 0 Å². The number of carbonyl (C=O) groups excluding carboxylic acids is 1. The van der Waals surface area contributed by atoms with Crippen LogP contribution in [0.25, 0.3) is 11.1 Å². The number of amides is 1. The molecule has 0 aromatic heterocycles. The van der Waals surface area contributed by atoms with Crippen molar-refractivity contribution in [2.24, 2.45) is 0 Å². The van der Waals surface area contributed by atoms with Crippen LogP contribution in [0.2, 0.25) is 0 Å². The molecule has 1 amide bonds. The van der Waals surface area contributed by atoms with Crippen molar-refractivity contribution in [2.45, 2.75) is 24.3 Å². The smallest absolute Gasteiger partial charge is 0.407 e. The molecule has 0 fully saturated rings. The number of hydrogen-bond donors (Lipinski definition) is 3. The number of nitrogens with one attached hydrogen (secondary N) is 1. The average Bonchev–Trinajstić information content (AvgIpc) is 2.99. The molecule has 1 aliphatic carbocycles. The van der Waals surface area contributed by atoms with E-state index in [1.165, 1.54) is 0 Å². The molecule has 29 heavy (non-hydrogen) atoms. The lowest BCUT2D eigenvalue weighted by Crippen LogP contribution is -2.46. The Morgan fingerprint density at radius 1 is 1.00 bits per heavy atom. The van der Waals surface area contributed by atoms with Crippen molar-refractivity contribution < 1.29 is 38.1 Å². The highest BCUT2D eigenvalue weighted by Crippen LogP contribution is 2.44. The van der Waals surface area contributed by atoms with Crippen LogP contribution in [0, 0.1) is 0 Å². The highest BCUT2D eigenvalue weighted by Gasteiger charge is 2.44. The van der Waals surface area contributed by atoms with Gasteiger partial charge in [0, 0.05) is 5.92 Å². The Kier molecular flexibility index (Phi) is 5.49. The molecule has 1 aliphatic rings. The van der Waals surface area contributed by atoms with Crippen molar-refractivity contribution in [1.29, 1.82) is 0 Å². The highest BCUT2D eigenvalue weighted by atomic mass is 19.3. The van der Waals surface area contributed by atoms with Crippen molar-refractivity contribution in [2.75, 3.05) is 6.61 Å². The van der Waals surface area contributed by atoms with Gasteiger partial charge < -0.3 is 20.3 Å². The van der Waals surface area contributed by atoms with E-state index >= 15 is 0 Å². The van der Waals surface area contributed by atoms with Gasteiger partial charge in [0.15, 0.2) is 0 Å². The van der Waals surface area contributed by atoms with E-state index in [0.717, 1.165) is 22.3 Å². The van der Waals surface area contributed by atoms with E-state index in [1.807, 2.05) is 48.5 Å². The lowest BCUT2D eigenvalue weighted by molar-refractivity contribution is -0.167. The number of carboxylic acid groups (broad SMARTS) is 2. The van der Waals surface area contributed by atoms with Gasteiger partial charge in [0.2, 0.25) is 0 Å². The molecule has 0 spiro atoms. The average molecular weight is 405 g/mol. The van der Waals surface area contributed by atoms with Gasteiger partial charge in [-0.25, -0.2) is 14.4 Å². The molecule has 0 saturated carbocycles. The summed E-state index contributed by atoms with van der Waals surface area (Å²) in [6.45, 7) is -0.137. The van der Waals surface area contributed by atoms with Gasteiger partial charge in [-0.1, -0.05) is 48.5 Å². The first-order chi connectivity index (χ1) is 13.7. The minimum atomic E-state index is -4.31. The van der Waals surface area contributed by atoms with Crippen molar-refractivity contribution in [1.82, 2.24) is 5.32 Å². The number of alkyl halides is 2. The quantitative estimate of drug-likeness (QED) is 0.653. The van der Waals surface area contributed by atoms with Crippen LogP contribution in [0.5, 0.6) is 0 Å². The fraction of sp³-hybridized carbons (Fsp3) is 0.250. The van der Waals surface area contributed by atoms with Crippen LogP contribution >= 0.6 is 0 Å². The number of ether oxygens (including phenoxy) is 1. The van der Waals surface area contributed by atoms with E-state index in [0.29, 0.717) is 0 Å². The van der Waals surface area contributed by atoms with Crippen LogP contribution in [0.1, 0.15) is 23.5 Å². The Morgan fingerprint density at radius 2 is 1.52 bits per heavy atom. The SMILES string of the molecule is O=C(NC(CC(F)(F)C(=O)O)C(=O)O)OCC1c2ccccc2-c2ccccc21. The van der Waals surface area contributed by atoms with Gasteiger partial charge in [0.25, 0.3) is 0 Å². The molecule has 0 heterocycles. The summed E-state index contributed by atoms with van der Waals surface area (Å²) in [4.78, 5) is 33.6. The van der Waals surface area contributed by atoms with Crippen molar-refractivity contribution in [3.8, 4) is 11.1 Å². The summed E-state index contributed by atoms with van der Waals surface area (Å²) in [5.41, 5.74) is 3.82. The molecule has 2 aromatic rings. The minimum Gasteiger partial charge on any atom is -0.480 e. The molecule has 152 valence electrons. The highest BCUT2D eigenvalue weighted by molar-refractivity contribution is 5.83. The van der Waals surface area contributed by atoms with Gasteiger partial charge in [-0.05, 0) is 22.3 Å². The van der Waals surface area contributed by atoms with E-state index in [2.05, 4.69) is 0 Å². The molecule has 0 radical (unpaired) electrons. The predicted octanol–water partition coefficient (Wildman–Crippen LogP) is 3.09. The fourth-order valence-corrected chi connectivity index (χ4v) is 3.33. The number of hydrogen-bond acceptors (Lipinski definition) is 4. The molecule has 3 rings (SSSR count). The second-order valence-corrected chi connectivity index (χ2v) is 6.57. The third-order valence-electron chi connectivity index (χ3n) is 4.71. The number of benzene rings is 2. The maximum absolute atomic E-state index is 13.3. The van der Waals surface area contributed by atoms with Crippen LogP contribution in [0.4, 0.5) is 13.6 Å². The summed E-state index contributed by atoms with van der Waals surface area (Å²) >= 11 is 0. The molecule has 1 atom stereocenters. The minimum absolute atomic E-state index is 0.137. The monoisotopic (exact) mass is 405 g/mol. The fourth-order valence-electron chi connectivity index (χ4n) is 3.33. The van der Waals surface area contributed by atoms with Crippen LogP contribution < -0.4 is 5.32 Å². The first-order valence-electron chi connectivity index (χ1n) is 8.66. The number of alkyl carbamates (subject to hydrolysis) is 1. The van der Waals surface area contributed by atoms with Crippen LogP contribution in [-0.4, -0.2) is 46.8 Å². The first-order valence-corrected chi connectivity index (χ1v) is 8.66. The van der Waals surface area contributed by atoms with Crippen molar-refractivity contribution >= 4 is 18.0 Å². The number of rotatable bonds is 7. The standard InChI is InChI=1S/C20H17F2NO6/c21-20(22,18(26)27)9-16(17(24)25)23-19(28)29-10-15-13-7-3-1-5-11(13)12-6-2-4-8-14(12)15/h1-8,15-16H,9-10H2,(H,23,28)(H,24,25)(H,26,27). The van der Waals surface area contributed by atoms with Crippen LogP contribution in [0.3, 0.4) is 0 Å². The Morgan fingerprint density at radius 3 is 2.00 bits per heavy atom. The molecule has 0 bridgehead atoms. The van der Waals surface area contributed by atoms with Gasteiger partial charge in [-0.3, -0.25) is 0 Å². The molecule has 9 heteroatoms. The lowest BCUT2D eigenvalue weighted by atomic mass is 9.98. The number of fused-ring (bicyclic) bond motifs is 3. The second-order valence-electron chi connectivity index (χ2n) is 6.57. The van der Waals surface area contributed by atoms with Gasteiger partial charge in [0.1, 0.15) is 12.6 Å². The Balaban J connectivity index is 1.69. The van der Waals surface area contributed by atoms with E-state index < -0.39 is 36.4 Å². The van der Waals surface area contributed by atoms with Gasteiger partial charge in [-0.2, -0.15) is 8.78 Å². The van der Waals surface area contributed by atoms with Crippen LogP contribution in [0.15, 0.2) is 48.5 Å². The van der Waals surface area contributed by atoms with Gasteiger partial charge in [-0.15, -0.1) is 0 Å². The molecule has 1 unspecified atom stereocenters. The Labute approximate surface area is 163 Å². The molecule has 0 aliphatic heterocycles. The molecule has 3 N–H and O–H groups in total. The van der Waals surface area contributed by atoms with E-state index in [-0.39, 0.29) is 12.5 Å². The summed E-state index contributed by atoms with van der Waals surface area (Å²) in [7, 11) is 0. The molecular formula is C20H17F2NO6. The molecule has 0 saturated heterocycles. The maximum Gasteiger partial charge on any atom is 0.407 e. The van der Waals surface area contributed by atoms with Crippen LogP contribution in [-0.2, 0) is 14.3 Å². The zero-order valence-electron chi connectivity index (χ0n) is 15.0. The molecular weight excluding hydrogens is 388 g/mol. The van der Waals surface area contributed by atoms with Gasteiger partial charge >= 0.3 is 24.0 Å². The summed E-state index contributed by atoms with van der Waals surface area (Å²) < 4.78 is 31.7. The summed E-state index contributed by atoms with van der Waals surface area (Å²) in [5.74, 6) is -8.87. The zero-order chi connectivity index (χ0) is 21.2. The molecule has 7 nitrogen and oxygen atoms in total. The largest absolute Gasteiger partial charge is 0.480 e. The van der Waals surface area contributed by atoms with Crippen molar-refractivity contribution in [3.05, 3.63) is 59.7 Å². The number of aliphatic carboxylic acids is 2. The number of carboxylic acids is 2. The van der Waals surface area contributed by atoms with E-state index in [1.54, 1.807) is 5.32 Å².